The number of nitrogens with zero attached hydrogens (tertiary/aromatic N) is 3. The average Bonchev–Trinajstić information content (AvgIpc) is 2.99. The first-order valence-corrected chi connectivity index (χ1v) is 8.16. The lowest BCUT2D eigenvalue weighted by Crippen LogP contribution is -2.01. The van der Waals surface area contributed by atoms with Gasteiger partial charge in [0.15, 0.2) is 0 Å². The van der Waals surface area contributed by atoms with Crippen LogP contribution < -0.4 is 0 Å². The van der Waals surface area contributed by atoms with E-state index in [9.17, 15) is 10.2 Å². The van der Waals surface area contributed by atoms with E-state index in [1.165, 1.54) is 6.07 Å². The van der Waals surface area contributed by atoms with E-state index in [2.05, 4.69) is 22.9 Å². The summed E-state index contributed by atoms with van der Waals surface area (Å²) in [6.07, 6.45) is 0. The van der Waals surface area contributed by atoms with Crippen LogP contribution >= 0.6 is 12.6 Å². The maximum Gasteiger partial charge on any atom is 0.145 e. The van der Waals surface area contributed by atoms with Crippen molar-refractivity contribution in [2.24, 2.45) is 0 Å². The lowest BCUT2D eigenvalue weighted by molar-refractivity contribution is 0.445. The molecule has 0 spiro atoms. The van der Waals surface area contributed by atoms with Gasteiger partial charge in [-0.1, -0.05) is 47.7 Å². The van der Waals surface area contributed by atoms with Gasteiger partial charge in [0.1, 0.15) is 27.9 Å². The molecule has 0 amide bonds. The Morgan fingerprint density at radius 3 is 2.56 bits per heavy atom. The largest absolute Gasteiger partial charge is 0.508 e. The van der Waals surface area contributed by atoms with Gasteiger partial charge < -0.3 is 10.2 Å². The molecule has 1 heterocycles. The lowest BCUT2D eigenvalue weighted by Gasteiger charge is -2.12. The highest BCUT2D eigenvalue weighted by Crippen LogP contribution is 2.36. The quantitative estimate of drug-likeness (QED) is 0.477. The van der Waals surface area contributed by atoms with E-state index < -0.39 is 0 Å². The number of aromatic nitrogens is 3. The highest BCUT2D eigenvalue weighted by Gasteiger charge is 2.19. The molecule has 25 heavy (non-hydrogen) atoms. The molecule has 0 atom stereocenters. The Kier molecular flexibility index (Phi) is 3.62. The third kappa shape index (κ3) is 2.51. The first-order chi connectivity index (χ1) is 12.1. The summed E-state index contributed by atoms with van der Waals surface area (Å²) < 4.78 is 1.55. The fourth-order valence-electron chi connectivity index (χ4n) is 2.95. The van der Waals surface area contributed by atoms with Crippen LogP contribution in [-0.4, -0.2) is 25.2 Å². The summed E-state index contributed by atoms with van der Waals surface area (Å²) >= 11 is 4.46. The Balaban J connectivity index is 2.02. The van der Waals surface area contributed by atoms with Crippen molar-refractivity contribution in [1.82, 2.24) is 15.0 Å². The number of thiol groups is 1. The molecule has 0 bridgehead atoms. The molecule has 0 saturated carbocycles. The van der Waals surface area contributed by atoms with Crippen LogP contribution in [-0.2, 0) is 0 Å². The first-order valence-electron chi connectivity index (χ1n) is 7.72. The first kappa shape index (κ1) is 15.5. The molecule has 0 radical (unpaired) electrons. The van der Waals surface area contributed by atoms with Crippen molar-refractivity contribution in [2.45, 2.75) is 11.9 Å². The van der Waals surface area contributed by atoms with Gasteiger partial charge >= 0.3 is 0 Å². The standard InChI is InChI=1S/C19H15N3O2S/c1-11-9-15(17(24)10-16(11)23)22-18(19(25)20-21-22)14-8-4-6-12-5-2-3-7-13(12)14/h2-10,23-25H,1H3. The Bertz CT molecular complexity index is 1100. The third-order valence-corrected chi connectivity index (χ3v) is 4.52. The highest BCUT2D eigenvalue weighted by molar-refractivity contribution is 7.80. The molecule has 1 aromatic heterocycles. The summed E-state index contributed by atoms with van der Waals surface area (Å²) in [5.41, 5.74) is 2.66. The number of phenols is 2. The Labute approximate surface area is 149 Å². The van der Waals surface area contributed by atoms with Crippen molar-refractivity contribution in [1.29, 1.82) is 0 Å². The lowest BCUT2D eigenvalue weighted by atomic mass is 10.0. The van der Waals surface area contributed by atoms with Crippen LogP contribution in [0.4, 0.5) is 0 Å². The molecule has 3 aromatic carbocycles. The van der Waals surface area contributed by atoms with E-state index in [-0.39, 0.29) is 11.5 Å². The minimum absolute atomic E-state index is 0.0270. The zero-order chi connectivity index (χ0) is 17.6. The average molecular weight is 349 g/mol. The Morgan fingerprint density at radius 2 is 1.72 bits per heavy atom. The second kappa shape index (κ2) is 5.82. The summed E-state index contributed by atoms with van der Waals surface area (Å²) in [5.74, 6) is -0.0537. The second-order valence-corrected chi connectivity index (χ2v) is 6.25. The smallest absolute Gasteiger partial charge is 0.145 e. The molecular weight excluding hydrogens is 334 g/mol. The van der Waals surface area contributed by atoms with Crippen LogP contribution in [0.5, 0.6) is 11.5 Å². The van der Waals surface area contributed by atoms with Crippen molar-refractivity contribution < 1.29 is 10.2 Å². The fraction of sp³-hybridized carbons (Fsp3) is 0.0526. The number of rotatable bonds is 2. The van der Waals surface area contributed by atoms with Crippen molar-refractivity contribution in [3.05, 3.63) is 60.2 Å². The van der Waals surface area contributed by atoms with Gasteiger partial charge in [0.2, 0.25) is 0 Å². The number of aromatic hydroxyl groups is 2. The van der Waals surface area contributed by atoms with Crippen LogP contribution in [0.3, 0.4) is 0 Å². The van der Waals surface area contributed by atoms with Crippen molar-refractivity contribution in [3.8, 4) is 28.4 Å². The summed E-state index contributed by atoms with van der Waals surface area (Å²) in [6, 6.07) is 17.0. The summed E-state index contributed by atoms with van der Waals surface area (Å²) in [6.45, 7) is 1.76. The van der Waals surface area contributed by atoms with Gasteiger partial charge in [-0.25, -0.2) is 4.68 Å². The topological polar surface area (TPSA) is 71.2 Å². The van der Waals surface area contributed by atoms with Crippen LogP contribution in [0, 0.1) is 6.92 Å². The molecule has 0 unspecified atom stereocenters. The maximum absolute atomic E-state index is 10.3. The summed E-state index contributed by atoms with van der Waals surface area (Å²) in [5, 5.41) is 30.9. The predicted molar refractivity (Wildman–Crippen MR) is 99.6 cm³/mol. The van der Waals surface area contributed by atoms with E-state index in [1.54, 1.807) is 17.7 Å². The maximum atomic E-state index is 10.3. The van der Waals surface area contributed by atoms with Crippen molar-refractivity contribution >= 4 is 23.4 Å². The van der Waals surface area contributed by atoms with Crippen LogP contribution in [0.15, 0.2) is 59.6 Å². The minimum atomic E-state index is -0.0807. The van der Waals surface area contributed by atoms with E-state index in [0.29, 0.717) is 22.0 Å². The highest BCUT2D eigenvalue weighted by atomic mass is 32.1. The second-order valence-electron chi connectivity index (χ2n) is 5.83. The molecular formula is C19H15N3O2S. The van der Waals surface area contributed by atoms with Gasteiger partial charge in [-0.05, 0) is 29.3 Å². The number of aryl methyl sites for hydroxylation is 1. The normalized spacial score (nSPS) is 11.1. The van der Waals surface area contributed by atoms with E-state index in [4.69, 9.17) is 0 Å². The Hall–Kier alpha value is -2.99. The number of phenolic OH excluding ortho intramolecular Hbond substituents is 2. The summed E-state index contributed by atoms with van der Waals surface area (Å²) in [4.78, 5) is 0. The summed E-state index contributed by atoms with van der Waals surface area (Å²) in [7, 11) is 0. The van der Waals surface area contributed by atoms with Gasteiger partial charge in [-0.2, -0.15) is 0 Å². The zero-order valence-corrected chi connectivity index (χ0v) is 14.3. The van der Waals surface area contributed by atoms with Gasteiger partial charge in [-0.15, -0.1) is 17.7 Å². The monoisotopic (exact) mass is 349 g/mol. The van der Waals surface area contributed by atoms with Crippen LogP contribution in [0.1, 0.15) is 5.56 Å². The molecule has 4 rings (SSSR count). The van der Waals surface area contributed by atoms with Gasteiger partial charge in [0, 0.05) is 11.6 Å². The Morgan fingerprint density at radius 1 is 0.960 bits per heavy atom. The van der Waals surface area contributed by atoms with Gasteiger partial charge in [-0.3, -0.25) is 0 Å². The molecule has 5 nitrogen and oxygen atoms in total. The molecule has 124 valence electrons. The van der Waals surface area contributed by atoms with Crippen molar-refractivity contribution in [3.63, 3.8) is 0 Å². The van der Waals surface area contributed by atoms with E-state index >= 15 is 0 Å². The predicted octanol–water partition coefficient (Wildman–Crippen LogP) is 4.10. The van der Waals surface area contributed by atoms with Crippen LogP contribution in [0.25, 0.3) is 27.7 Å². The van der Waals surface area contributed by atoms with E-state index in [0.717, 1.165) is 16.3 Å². The number of hydrogen-bond acceptors (Lipinski definition) is 5. The fourth-order valence-corrected chi connectivity index (χ4v) is 3.20. The third-order valence-electron chi connectivity index (χ3n) is 4.22. The van der Waals surface area contributed by atoms with Crippen molar-refractivity contribution in [2.75, 3.05) is 0 Å². The number of fused-ring (bicyclic) bond motifs is 1. The molecule has 0 aliphatic carbocycles. The SMILES string of the molecule is Cc1cc(-n2nnc(S)c2-c2cccc3ccccc23)c(O)cc1O. The zero-order valence-electron chi connectivity index (χ0n) is 13.4. The molecule has 0 aliphatic rings. The number of hydrogen-bond donors (Lipinski definition) is 3. The van der Waals surface area contributed by atoms with E-state index in [1.807, 2.05) is 42.5 Å². The molecule has 0 aliphatic heterocycles. The molecule has 4 aromatic rings. The van der Waals surface area contributed by atoms with Gasteiger partial charge in [0.25, 0.3) is 0 Å². The molecule has 0 saturated heterocycles. The van der Waals surface area contributed by atoms with Crippen LogP contribution in [0.2, 0.25) is 0 Å². The molecule has 6 heteroatoms. The molecule has 0 fully saturated rings. The number of benzene rings is 3. The van der Waals surface area contributed by atoms with Gasteiger partial charge in [0.05, 0.1) is 0 Å². The minimum Gasteiger partial charge on any atom is -0.508 e. The molecule has 2 N–H and O–H groups in total.